The minimum Gasteiger partial charge on any atom is -0.391 e. The van der Waals surface area contributed by atoms with E-state index in [1.807, 2.05) is 60.7 Å². The van der Waals surface area contributed by atoms with E-state index in [0.29, 0.717) is 5.56 Å². The molecule has 0 aromatic heterocycles. The van der Waals surface area contributed by atoms with Gasteiger partial charge in [0.25, 0.3) is 5.91 Å². The number of oxime groups is 1. The number of hydrogen-bond donors (Lipinski definition) is 1. The summed E-state index contributed by atoms with van der Waals surface area (Å²) in [5, 5.41) is 6.94. The quantitative estimate of drug-likeness (QED) is 0.461. The lowest BCUT2D eigenvalue weighted by Crippen LogP contribution is -2.36. The highest BCUT2D eigenvalue weighted by Gasteiger charge is 2.10. The maximum absolute atomic E-state index is 12.4. The number of nitrogens with one attached hydrogen (secondary N) is 1. The summed E-state index contributed by atoms with van der Waals surface area (Å²) in [5.41, 5.74) is 4.37. The number of rotatable bonds is 7. The Hall–Kier alpha value is -3.64. The summed E-state index contributed by atoms with van der Waals surface area (Å²) in [6.07, 6.45) is 1.69. The Morgan fingerprint density at radius 3 is 2.55 bits per heavy atom. The summed E-state index contributed by atoms with van der Waals surface area (Å²) in [7, 11) is 0. The third kappa shape index (κ3) is 5.93. The molecule has 0 saturated carbocycles. The van der Waals surface area contributed by atoms with Crippen LogP contribution in [0.4, 0.5) is 11.4 Å². The number of amides is 1. The number of para-hydroxylation sites is 1. The molecule has 158 valence electrons. The Labute approximate surface area is 182 Å². The van der Waals surface area contributed by atoms with Crippen molar-refractivity contribution in [3.05, 3.63) is 95.6 Å². The standard InChI is InChI=1S/C25H25N3O3/c29-25(27-23-7-2-1-3-8-23)22-6-4-5-21(17-22)19-31-26-18-20-9-11-24(12-10-20)28-13-15-30-16-14-28/h1-12,17-18H,13-16,19H2,(H,27,29)/b26-18+. The summed E-state index contributed by atoms with van der Waals surface area (Å²) in [4.78, 5) is 20.2. The van der Waals surface area contributed by atoms with Crippen LogP contribution in [0, 0.1) is 0 Å². The van der Waals surface area contributed by atoms with Gasteiger partial charge >= 0.3 is 0 Å². The second-order valence-electron chi connectivity index (χ2n) is 7.22. The van der Waals surface area contributed by atoms with Gasteiger partial charge in [-0.2, -0.15) is 0 Å². The molecule has 0 aliphatic carbocycles. The third-order valence-corrected chi connectivity index (χ3v) is 5.00. The maximum atomic E-state index is 12.4. The summed E-state index contributed by atoms with van der Waals surface area (Å²) < 4.78 is 5.39. The number of anilines is 2. The van der Waals surface area contributed by atoms with Crippen LogP contribution in [0.2, 0.25) is 0 Å². The van der Waals surface area contributed by atoms with Gasteiger partial charge in [0.05, 0.1) is 19.4 Å². The first-order chi connectivity index (χ1) is 15.3. The van der Waals surface area contributed by atoms with Gasteiger partial charge < -0.3 is 19.8 Å². The molecule has 0 unspecified atom stereocenters. The third-order valence-electron chi connectivity index (χ3n) is 5.00. The first kappa shape index (κ1) is 20.6. The molecule has 1 aliphatic heterocycles. The Bertz CT molecular complexity index is 1010. The first-order valence-corrected chi connectivity index (χ1v) is 10.3. The van der Waals surface area contributed by atoms with Crippen molar-refractivity contribution >= 4 is 23.5 Å². The van der Waals surface area contributed by atoms with E-state index in [0.717, 1.165) is 43.1 Å². The van der Waals surface area contributed by atoms with E-state index in [1.165, 1.54) is 5.69 Å². The number of morpholine rings is 1. The van der Waals surface area contributed by atoms with Crippen molar-refractivity contribution < 1.29 is 14.4 Å². The lowest BCUT2D eigenvalue weighted by Gasteiger charge is -2.28. The van der Waals surface area contributed by atoms with Gasteiger partial charge in [-0.15, -0.1) is 0 Å². The van der Waals surface area contributed by atoms with Gasteiger partial charge in [0.1, 0.15) is 6.61 Å². The largest absolute Gasteiger partial charge is 0.391 e. The van der Waals surface area contributed by atoms with Crippen LogP contribution in [0.5, 0.6) is 0 Å². The van der Waals surface area contributed by atoms with Crippen molar-refractivity contribution in [2.45, 2.75) is 6.61 Å². The zero-order valence-electron chi connectivity index (χ0n) is 17.2. The highest BCUT2D eigenvalue weighted by atomic mass is 16.6. The maximum Gasteiger partial charge on any atom is 0.255 e. The molecule has 1 heterocycles. The molecule has 0 atom stereocenters. The van der Waals surface area contributed by atoms with Crippen molar-refractivity contribution in [2.24, 2.45) is 5.16 Å². The van der Waals surface area contributed by atoms with Crippen LogP contribution in [0.25, 0.3) is 0 Å². The minimum atomic E-state index is -0.156. The van der Waals surface area contributed by atoms with E-state index in [9.17, 15) is 4.79 Å². The van der Waals surface area contributed by atoms with Gasteiger partial charge in [0.2, 0.25) is 0 Å². The van der Waals surface area contributed by atoms with Crippen molar-refractivity contribution in [3.63, 3.8) is 0 Å². The molecule has 3 aromatic rings. The van der Waals surface area contributed by atoms with E-state index in [2.05, 4.69) is 27.5 Å². The van der Waals surface area contributed by atoms with Crippen LogP contribution >= 0.6 is 0 Å². The van der Waals surface area contributed by atoms with Gasteiger partial charge in [0.15, 0.2) is 0 Å². The van der Waals surface area contributed by atoms with Crippen LogP contribution in [0.15, 0.2) is 84.0 Å². The normalized spacial score (nSPS) is 13.9. The molecule has 1 aliphatic rings. The fourth-order valence-electron chi connectivity index (χ4n) is 3.33. The average Bonchev–Trinajstić information content (AvgIpc) is 2.84. The van der Waals surface area contributed by atoms with Gasteiger partial charge in [-0.1, -0.05) is 47.6 Å². The number of nitrogens with zero attached hydrogens (tertiary/aromatic N) is 2. The fraction of sp³-hybridized carbons (Fsp3) is 0.200. The predicted octanol–water partition coefficient (Wildman–Crippen LogP) is 4.33. The van der Waals surface area contributed by atoms with Gasteiger partial charge in [0, 0.05) is 30.0 Å². The highest BCUT2D eigenvalue weighted by molar-refractivity contribution is 6.04. The van der Waals surface area contributed by atoms with Gasteiger partial charge in [-0.25, -0.2) is 0 Å². The topological polar surface area (TPSA) is 63.2 Å². The lowest BCUT2D eigenvalue weighted by molar-refractivity contribution is 0.102. The molecule has 1 fully saturated rings. The average molecular weight is 415 g/mol. The molecule has 31 heavy (non-hydrogen) atoms. The molecule has 0 spiro atoms. The molecule has 6 nitrogen and oxygen atoms in total. The smallest absolute Gasteiger partial charge is 0.255 e. The van der Waals surface area contributed by atoms with Crippen molar-refractivity contribution in [1.29, 1.82) is 0 Å². The minimum absolute atomic E-state index is 0.156. The van der Waals surface area contributed by atoms with Gasteiger partial charge in [-0.05, 0) is 47.5 Å². The zero-order chi connectivity index (χ0) is 21.3. The molecule has 3 aromatic carbocycles. The molecule has 1 N–H and O–H groups in total. The van der Waals surface area contributed by atoms with Crippen molar-refractivity contribution in [1.82, 2.24) is 0 Å². The van der Waals surface area contributed by atoms with Crippen LogP contribution in [-0.2, 0) is 16.2 Å². The Morgan fingerprint density at radius 2 is 1.77 bits per heavy atom. The van der Waals surface area contributed by atoms with E-state index in [4.69, 9.17) is 9.57 Å². The Morgan fingerprint density at radius 1 is 1.00 bits per heavy atom. The summed E-state index contributed by atoms with van der Waals surface area (Å²) >= 11 is 0. The molecular weight excluding hydrogens is 390 g/mol. The summed E-state index contributed by atoms with van der Waals surface area (Å²) in [5.74, 6) is -0.156. The first-order valence-electron chi connectivity index (χ1n) is 10.3. The second-order valence-corrected chi connectivity index (χ2v) is 7.22. The number of benzene rings is 3. The predicted molar refractivity (Wildman–Crippen MR) is 123 cm³/mol. The van der Waals surface area contributed by atoms with Crippen LogP contribution in [0.3, 0.4) is 0 Å². The Kier molecular flexibility index (Phi) is 6.92. The van der Waals surface area contributed by atoms with Crippen molar-refractivity contribution in [3.8, 4) is 0 Å². The number of carbonyl (C=O) groups is 1. The highest BCUT2D eigenvalue weighted by Crippen LogP contribution is 2.16. The summed E-state index contributed by atoms with van der Waals surface area (Å²) in [6, 6.07) is 24.9. The SMILES string of the molecule is O=C(Nc1ccccc1)c1cccc(CO/N=C/c2ccc(N3CCOCC3)cc2)c1. The molecule has 1 saturated heterocycles. The van der Waals surface area contributed by atoms with Crippen LogP contribution in [-0.4, -0.2) is 38.4 Å². The van der Waals surface area contributed by atoms with Crippen LogP contribution in [0.1, 0.15) is 21.5 Å². The number of hydrogen-bond acceptors (Lipinski definition) is 5. The van der Waals surface area contributed by atoms with E-state index in [-0.39, 0.29) is 12.5 Å². The Balaban J connectivity index is 1.28. The summed E-state index contributed by atoms with van der Waals surface area (Å²) in [6.45, 7) is 3.66. The molecule has 1 amide bonds. The molecule has 4 rings (SSSR count). The monoisotopic (exact) mass is 415 g/mol. The number of carbonyl (C=O) groups excluding carboxylic acids is 1. The number of ether oxygens (including phenoxy) is 1. The van der Waals surface area contributed by atoms with Crippen molar-refractivity contribution in [2.75, 3.05) is 36.5 Å². The van der Waals surface area contributed by atoms with Crippen LogP contribution < -0.4 is 10.2 Å². The molecule has 0 bridgehead atoms. The molecule has 0 radical (unpaired) electrons. The second kappa shape index (κ2) is 10.4. The molecular formula is C25H25N3O3. The zero-order valence-corrected chi connectivity index (χ0v) is 17.2. The molecule has 6 heteroatoms. The van der Waals surface area contributed by atoms with Gasteiger partial charge in [-0.3, -0.25) is 4.79 Å². The lowest BCUT2D eigenvalue weighted by atomic mass is 10.1. The van der Waals surface area contributed by atoms with E-state index in [1.54, 1.807) is 12.3 Å². The van der Waals surface area contributed by atoms with E-state index < -0.39 is 0 Å². The fourth-order valence-corrected chi connectivity index (χ4v) is 3.33. The van der Waals surface area contributed by atoms with E-state index >= 15 is 0 Å².